The minimum atomic E-state index is -4.42. The smallest absolute Gasteiger partial charge is 0.351 e. The van der Waals surface area contributed by atoms with E-state index in [1.807, 2.05) is 0 Å². The van der Waals surface area contributed by atoms with E-state index in [-0.39, 0.29) is 16.9 Å². The normalized spacial score (nSPS) is 15.4. The summed E-state index contributed by atoms with van der Waals surface area (Å²) in [6, 6.07) is 2.33. The molecule has 0 saturated carbocycles. The Balaban J connectivity index is 2.41. The van der Waals surface area contributed by atoms with Crippen molar-refractivity contribution in [3.05, 3.63) is 23.5 Å². The number of nitrogens with zero attached hydrogens (tertiary/aromatic N) is 1. The number of hydrogen-bond donors (Lipinski definition) is 1. The molecule has 0 atom stereocenters. The highest BCUT2D eigenvalue weighted by atomic mass is 19.4. The van der Waals surface area contributed by atoms with E-state index in [0.717, 1.165) is 11.0 Å². The maximum absolute atomic E-state index is 13.3. The van der Waals surface area contributed by atoms with Crippen LogP contribution in [0.2, 0.25) is 0 Å². The predicted octanol–water partition coefficient (Wildman–Crippen LogP) is 2.45. The van der Waals surface area contributed by atoms with Gasteiger partial charge in [-0.1, -0.05) is 0 Å². The molecule has 3 nitrogen and oxygen atoms in total. The third-order valence-corrected chi connectivity index (χ3v) is 2.60. The summed E-state index contributed by atoms with van der Waals surface area (Å²) in [5.74, 6) is -1.15. The van der Waals surface area contributed by atoms with E-state index in [2.05, 4.69) is 5.32 Å². The number of anilines is 2. The van der Waals surface area contributed by atoms with E-state index in [4.69, 9.17) is 0 Å². The summed E-state index contributed by atoms with van der Waals surface area (Å²) in [7, 11) is 0. The van der Waals surface area contributed by atoms with Gasteiger partial charge in [-0.25, -0.2) is 4.39 Å². The Hall–Kier alpha value is -1.79. The number of fused-ring (bicyclic) bond motifs is 1. The Kier molecular flexibility index (Phi) is 2.92. The van der Waals surface area contributed by atoms with Gasteiger partial charge in [-0.2, -0.15) is 13.2 Å². The first-order valence-electron chi connectivity index (χ1n) is 5.18. The summed E-state index contributed by atoms with van der Waals surface area (Å²) < 4.78 is 50.5. The minimum absolute atomic E-state index is 0.0681. The number of alkyl halides is 3. The van der Waals surface area contributed by atoms with Crippen LogP contribution in [0.15, 0.2) is 12.1 Å². The van der Waals surface area contributed by atoms with Crippen molar-refractivity contribution < 1.29 is 22.4 Å². The van der Waals surface area contributed by atoms with Crippen molar-refractivity contribution in [2.75, 3.05) is 23.3 Å². The van der Waals surface area contributed by atoms with Crippen molar-refractivity contribution in [2.45, 2.75) is 13.1 Å². The molecule has 0 unspecified atom stereocenters. The van der Waals surface area contributed by atoms with Crippen molar-refractivity contribution in [2.24, 2.45) is 0 Å². The van der Waals surface area contributed by atoms with Crippen LogP contribution in [0.3, 0.4) is 0 Å². The first kappa shape index (κ1) is 12.7. The number of amides is 1. The largest absolute Gasteiger partial charge is 0.405 e. The number of halogens is 4. The monoisotopic (exact) mass is 262 g/mol. The second kappa shape index (κ2) is 4.15. The van der Waals surface area contributed by atoms with Crippen LogP contribution in [0.5, 0.6) is 0 Å². The molecule has 1 N–H and O–H groups in total. The second-order valence-electron chi connectivity index (χ2n) is 4.14. The maximum atomic E-state index is 13.3. The van der Waals surface area contributed by atoms with Gasteiger partial charge in [0.2, 0.25) is 5.91 Å². The Labute approximate surface area is 100 Å². The lowest BCUT2D eigenvalue weighted by atomic mass is 10.1. The number of aryl methyl sites for hydroxylation is 1. The van der Waals surface area contributed by atoms with Crippen molar-refractivity contribution in [1.29, 1.82) is 0 Å². The zero-order valence-electron chi connectivity index (χ0n) is 9.44. The molecule has 1 aromatic carbocycles. The van der Waals surface area contributed by atoms with Crippen LogP contribution in [0.1, 0.15) is 5.56 Å². The fourth-order valence-electron chi connectivity index (χ4n) is 1.83. The van der Waals surface area contributed by atoms with Crippen molar-refractivity contribution in [3.63, 3.8) is 0 Å². The zero-order chi connectivity index (χ0) is 13.5. The highest BCUT2D eigenvalue weighted by molar-refractivity contribution is 6.01. The molecule has 2 rings (SSSR count). The van der Waals surface area contributed by atoms with Crippen LogP contribution in [-0.2, 0) is 4.79 Å². The molecule has 0 spiro atoms. The summed E-state index contributed by atoms with van der Waals surface area (Å²) in [4.78, 5) is 12.2. The van der Waals surface area contributed by atoms with Gasteiger partial charge in [0.05, 0.1) is 17.9 Å². The molecular weight excluding hydrogens is 252 g/mol. The fraction of sp³-hybridized carbons (Fsp3) is 0.364. The third kappa shape index (κ3) is 2.55. The molecule has 0 aromatic heterocycles. The van der Waals surface area contributed by atoms with Crippen LogP contribution >= 0.6 is 0 Å². The van der Waals surface area contributed by atoms with E-state index in [1.54, 1.807) is 0 Å². The van der Waals surface area contributed by atoms with Crippen molar-refractivity contribution in [1.82, 2.24) is 0 Å². The van der Waals surface area contributed by atoms with Gasteiger partial charge in [-0.05, 0) is 24.6 Å². The summed E-state index contributed by atoms with van der Waals surface area (Å²) in [6.07, 6.45) is -4.42. The molecule has 18 heavy (non-hydrogen) atoms. The zero-order valence-corrected chi connectivity index (χ0v) is 9.44. The van der Waals surface area contributed by atoms with Crippen molar-refractivity contribution >= 4 is 17.3 Å². The molecule has 1 aromatic rings. The van der Waals surface area contributed by atoms with Crippen LogP contribution in [0.4, 0.5) is 28.9 Å². The lowest BCUT2D eigenvalue weighted by Crippen LogP contribution is -2.43. The molecule has 0 radical (unpaired) electrons. The molecule has 1 aliphatic rings. The predicted molar refractivity (Wildman–Crippen MR) is 58.0 cm³/mol. The summed E-state index contributed by atoms with van der Waals surface area (Å²) in [5, 5.41) is 2.36. The molecule has 0 bridgehead atoms. The molecular formula is C11H10F4N2O. The first-order chi connectivity index (χ1) is 8.26. The lowest BCUT2D eigenvalue weighted by molar-refractivity contribution is -0.122. The van der Waals surface area contributed by atoms with Gasteiger partial charge in [-0.15, -0.1) is 0 Å². The summed E-state index contributed by atoms with van der Waals surface area (Å²) in [6.45, 7) is -0.173. The van der Waals surface area contributed by atoms with Gasteiger partial charge in [0.1, 0.15) is 12.4 Å². The van der Waals surface area contributed by atoms with Gasteiger partial charge in [0.15, 0.2) is 0 Å². The SMILES string of the molecule is Cc1cc2c(cc1F)NC(=O)CN2CC(F)(F)F. The van der Waals surface area contributed by atoms with E-state index < -0.39 is 31.0 Å². The Bertz CT molecular complexity index is 499. The molecule has 98 valence electrons. The molecule has 1 amide bonds. The molecule has 0 fully saturated rings. The van der Waals surface area contributed by atoms with E-state index in [9.17, 15) is 22.4 Å². The van der Waals surface area contributed by atoms with E-state index in [1.165, 1.54) is 13.0 Å². The Morgan fingerprint density at radius 1 is 1.39 bits per heavy atom. The first-order valence-corrected chi connectivity index (χ1v) is 5.18. The Morgan fingerprint density at radius 3 is 2.67 bits per heavy atom. The van der Waals surface area contributed by atoms with Gasteiger partial charge in [0, 0.05) is 0 Å². The number of nitrogens with one attached hydrogen (secondary N) is 1. The highest BCUT2D eigenvalue weighted by Crippen LogP contribution is 2.33. The average Bonchev–Trinajstić information content (AvgIpc) is 2.18. The summed E-state index contributed by atoms with van der Waals surface area (Å²) in [5.41, 5.74) is 0.487. The molecule has 1 aliphatic heterocycles. The van der Waals surface area contributed by atoms with Crippen LogP contribution in [0.25, 0.3) is 0 Å². The molecule has 7 heteroatoms. The highest BCUT2D eigenvalue weighted by Gasteiger charge is 2.34. The van der Waals surface area contributed by atoms with Crippen LogP contribution < -0.4 is 10.2 Å². The number of hydrogen-bond acceptors (Lipinski definition) is 2. The third-order valence-electron chi connectivity index (χ3n) is 2.60. The second-order valence-corrected chi connectivity index (χ2v) is 4.14. The molecule has 0 aliphatic carbocycles. The van der Waals surface area contributed by atoms with Gasteiger partial charge >= 0.3 is 6.18 Å². The van der Waals surface area contributed by atoms with Crippen LogP contribution in [-0.4, -0.2) is 25.2 Å². The molecule has 0 saturated heterocycles. The van der Waals surface area contributed by atoms with Crippen LogP contribution in [0, 0.1) is 12.7 Å². The maximum Gasteiger partial charge on any atom is 0.405 e. The molecule has 1 heterocycles. The summed E-state index contributed by atoms with van der Waals surface area (Å²) >= 11 is 0. The fourth-order valence-corrected chi connectivity index (χ4v) is 1.83. The van der Waals surface area contributed by atoms with Gasteiger partial charge < -0.3 is 10.2 Å². The van der Waals surface area contributed by atoms with E-state index >= 15 is 0 Å². The number of rotatable bonds is 1. The Morgan fingerprint density at radius 2 is 2.06 bits per heavy atom. The minimum Gasteiger partial charge on any atom is -0.351 e. The quantitative estimate of drug-likeness (QED) is 0.788. The average molecular weight is 262 g/mol. The number of benzene rings is 1. The standard InChI is InChI=1S/C11H10F4N2O/c1-6-2-9-8(3-7(6)12)16-10(18)4-17(9)5-11(13,14)15/h2-3H,4-5H2,1H3,(H,16,18). The van der Waals surface area contributed by atoms with Gasteiger partial charge in [-0.3, -0.25) is 4.79 Å². The van der Waals surface area contributed by atoms with Gasteiger partial charge in [0.25, 0.3) is 0 Å². The number of carbonyl (C=O) groups excluding carboxylic acids is 1. The topological polar surface area (TPSA) is 32.3 Å². The van der Waals surface area contributed by atoms with Crippen molar-refractivity contribution in [3.8, 4) is 0 Å². The lowest BCUT2D eigenvalue weighted by Gasteiger charge is -2.31. The van der Waals surface area contributed by atoms with E-state index in [0.29, 0.717) is 0 Å². The number of carbonyl (C=O) groups is 1.